The molecule has 1 heterocycles. The molecule has 3 rings (SSSR count). The molecule has 2 N–H and O–H groups in total. The Labute approximate surface area is 154 Å². The second-order valence-electron chi connectivity index (χ2n) is 5.27. The summed E-state index contributed by atoms with van der Waals surface area (Å²) in [5, 5.41) is 12.1. The average Bonchev–Trinajstić information content (AvgIpc) is 2.85. The van der Waals surface area contributed by atoms with Gasteiger partial charge in [0.25, 0.3) is 5.91 Å². The van der Waals surface area contributed by atoms with Crippen molar-refractivity contribution in [1.29, 1.82) is 0 Å². The number of amides is 1. The molecule has 0 atom stereocenters. The minimum Gasteiger partial charge on any atom is -0.480 e. The Bertz CT molecular complexity index is 848. The normalized spacial score (nSPS) is 15.7. The van der Waals surface area contributed by atoms with Crippen LogP contribution >= 0.6 is 24.0 Å². The molecule has 0 spiro atoms. The molecule has 0 unspecified atom stereocenters. The van der Waals surface area contributed by atoms with Crippen LogP contribution < -0.4 is 5.32 Å². The zero-order valence-electron chi connectivity index (χ0n) is 13.0. The minimum atomic E-state index is -1.09. The number of nitrogens with zero attached hydrogens (tertiary/aromatic N) is 1. The quantitative estimate of drug-likeness (QED) is 0.618. The summed E-state index contributed by atoms with van der Waals surface area (Å²) in [7, 11) is 0. The summed E-state index contributed by atoms with van der Waals surface area (Å²) in [5.74, 6) is -1.46. The van der Waals surface area contributed by atoms with Crippen molar-refractivity contribution >= 4 is 57.6 Å². The molecule has 1 fully saturated rings. The number of carboxylic acid groups (broad SMARTS) is 1. The molecule has 7 heteroatoms. The predicted molar refractivity (Wildman–Crippen MR) is 104 cm³/mol. The lowest BCUT2D eigenvalue weighted by atomic mass is 10.2. The van der Waals surface area contributed by atoms with E-state index in [1.54, 1.807) is 6.08 Å². The highest BCUT2D eigenvalue weighted by molar-refractivity contribution is 8.26. The van der Waals surface area contributed by atoms with E-state index in [9.17, 15) is 9.59 Å². The highest BCUT2D eigenvalue weighted by atomic mass is 32.2. The molecule has 2 aromatic rings. The smallest absolute Gasteiger partial charge is 0.323 e. The monoisotopic (exact) mass is 370 g/mol. The van der Waals surface area contributed by atoms with Crippen LogP contribution in [0.1, 0.15) is 5.56 Å². The lowest BCUT2D eigenvalue weighted by Crippen LogP contribution is -2.33. The highest BCUT2D eigenvalue weighted by Gasteiger charge is 2.33. The van der Waals surface area contributed by atoms with E-state index in [0.717, 1.165) is 33.6 Å². The first kappa shape index (κ1) is 17.2. The van der Waals surface area contributed by atoms with E-state index in [0.29, 0.717) is 4.91 Å². The van der Waals surface area contributed by atoms with Gasteiger partial charge in [-0.05, 0) is 35.9 Å². The maximum absolute atomic E-state index is 12.2. The number of benzene rings is 2. The van der Waals surface area contributed by atoms with Crippen LogP contribution in [0.25, 0.3) is 6.08 Å². The van der Waals surface area contributed by atoms with Gasteiger partial charge < -0.3 is 10.4 Å². The van der Waals surface area contributed by atoms with Gasteiger partial charge in [-0.3, -0.25) is 14.5 Å². The molecule has 1 saturated heterocycles. The average molecular weight is 370 g/mol. The fourth-order valence-electron chi connectivity index (χ4n) is 2.27. The van der Waals surface area contributed by atoms with Crippen LogP contribution in [0.5, 0.6) is 0 Å². The van der Waals surface area contributed by atoms with Crippen LogP contribution in [0.4, 0.5) is 11.4 Å². The van der Waals surface area contributed by atoms with Gasteiger partial charge in [0.15, 0.2) is 0 Å². The van der Waals surface area contributed by atoms with E-state index < -0.39 is 12.5 Å². The second-order valence-corrected chi connectivity index (χ2v) is 6.95. The van der Waals surface area contributed by atoms with E-state index >= 15 is 0 Å². The molecule has 5 nitrogen and oxygen atoms in total. The van der Waals surface area contributed by atoms with E-state index in [-0.39, 0.29) is 10.2 Å². The number of aliphatic carboxylic acids is 1. The molecular weight excluding hydrogens is 356 g/mol. The van der Waals surface area contributed by atoms with Gasteiger partial charge in [-0.1, -0.05) is 54.3 Å². The Morgan fingerprint density at radius 3 is 2.40 bits per heavy atom. The molecule has 0 radical (unpaired) electrons. The summed E-state index contributed by atoms with van der Waals surface area (Å²) in [5.41, 5.74) is 2.76. The van der Waals surface area contributed by atoms with Gasteiger partial charge in [-0.15, -0.1) is 0 Å². The first-order chi connectivity index (χ1) is 12.0. The number of hydrogen-bond donors (Lipinski definition) is 2. The zero-order chi connectivity index (χ0) is 17.8. The Morgan fingerprint density at radius 1 is 1.12 bits per heavy atom. The summed E-state index contributed by atoms with van der Waals surface area (Å²) >= 11 is 6.19. The van der Waals surface area contributed by atoms with Gasteiger partial charge in [0.05, 0.1) is 4.91 Å². The number of hydrogen-bond acceptors (Lipinski definition) is 5. The van der Waals surface area contributed by atoms with Crippen LogP contribution in [0.3, 0.4) is 0 Å². The van der Waals surface area contributed by atoms with Crippen molar-refractivity contribution in [1.82, 2.24) is 4.90 Å². The van der Waals surface area contributed by atoms with Crippen molar-refractivity contribution in [3.63, 3.8) is 0 Å². The lowest BCUT2D eigenvalue weighted by molar-refractivity contribution is -0.140. The molecular formula is C18H14N2O3S2. The van der Waals surface area contributed by atoms with Crippen molar-refractivity contribution in [2.75, 3.05) is 11.9 Å². The molecule has 1 amide bonds. The van der Waals surface area contributed by atoms with E-state index in [1.807, 2.05) is 54.6 Å². The van der Waals surface area contributed by atoms with Gasteiger partial charge >= 0.3 is 5.97 Å². The number of anilines is 2. The highest BCUT2D eigenvalue weighted by Crippen LogP contribution is 2.32. The number of thiocarbonyl (C=S) groups is 1. The number of carbonyl (C=O) groups excluding carboxylic acids is 1. The van der Waals surface area contributed by atoms with Crippen molar-refractivity contribution < 1.29 is 14.7 Å². The maximum atomic E-state index is 12.2. The molecule has 0 aliphatic carbocycles. The summed E-state index contributed by atoms with van der Waals surface area (Å²) in [4.78, 5) is 24.6. The largest absolute Gasteiger partial charge is 0.480 e. The van der Waals surface area contributed by atoms with Crippen molar-refractivity contribution in [2.45, 2.75) is 0 Å². The third-order valence-corrected chi connectivity index (χ3v) is 4.82. The first-order valence-corrected chi connectivity index (χ1v) is 8.65. The van der Waals surface area contributed by atoms with Crippen LogP contribution in [-0.2, 0) is 9.59 Å². The standard InChI is InChI=1S/C18H14N2O3S2/c21-16(22)11-20-17(23)15(25-18(20)24)10-12-6-8-14(9-7-12)19-13-4-2-1-3-5-13/h1-10,19H,11H2,(H,21,22)/b15-10-. The Morgan fingerprint density at radius 2 is 1.76 bits per heavy atom. The zero-order valence-corrected chi connectivity index (χ0v) is 14.6. The van der Waals surface area contributed by atoms with Crippen LogP contribution in [-0.4, -0.2) is 32.7 Å². The maximum Gasteiger partial charge on any atom is 0.323 e. The van der Waals surface area contributed by atoms with E-state index in [2.05, 4.69) is 5.32 Å². The predicted octanol–water partition coefficient (Wildman–Crippen LogP) is 3.72. The fraction of sp³-hybridized carbons (Fsp3) is 0.0556. The van der Waals surface area contributed by atoms with Gasteiger partial charge in [-0.25, -0.2) is 0 Å². The van der Waals surface area contributed by atoms with Gasteiger partial charge in [0, 0.05) is 11.4 Å². The van der Waals surface area contributed by atoms with Gasteiger partial charge in [-0.2, -0.15) is 0 Å². The number of rotatable bonds is 5. The topological polar surface area (TPSA) is 69.6 Å². The van der Waals surface area contributed by atoms with E-state index in [1.165, 1.54) is 0 Å². The lowest BCUT2D eigenvalue weighted by Gasteiger charge is -2.10. The van der Waals surface area contributed by atoms with Crippen molar-refractivity contribution in [3.05, 3.63) is 65.1 Å². The number of carbonyl (C=O) groups is 2. The van der Waals surface area contributed by atoms with Gasteiger partial charge in [0.2, 0.25) is 0 Å². The molecule has 1 aliphatic heterocycles. The van der Waals surface area contributed by atoms with Crippen molar-refractivity contribution in [3.8, 4) is 0 Å². The third-order valence-electron chi connectivity index (χ3n) is 3.44. The summed E-state index contributed by atoms with van der Waals surface area (Å²) in [6, 6.07) is 17.4. The molecule has 25 heavy (non-hydrogen) atoms. The third kappa shape index (κ3) is 4.26. The number of thioether (sulfide) groups is 1. The Hall–Kier alpha value is -2.64. The number of para-hydroxylation sites is 1. The molecule has 1 aliphatic rings. The molecule has 0 saturated carbocycles. The fourth-order valence-corrected chi connectivity index (χ4v) is 3.53. The first-order valence-electron chi connectivity index (χ1n) is 7.42. The molecule has 2 aromatic carbocycles. The Balaban J connectivity index is 1.72. The SMILES string of the molecule is O=C(O)CN1C(=O)/C(=C/c2ccc(Nc3ccccc3)cc2)SC1=S. The number of nitrogens with one attached hydrogen (secondary N) is 1. The van der Waals surface area contributed by atoms with Crippen LogP contribution in [0.2, 0.25) is 0 Å². The van der Waals surface area contributed by atoms with Crippen LogP contribution in [0, 0.1) is 0 Å². The van der Waals surface area contributed by atoms with Gasteiger partial charge in [0.1, 0.15) is 10.9 Å². The van der Waals surface area contributed by atoms with Crippen molar-refractivity contribution in [2.24, 2.45) is 0 Å². The summed E-state index contributed by atoms with van der Waals surface area (Å²) < 4.78 is 0.265. The summed E-state index contributed by atoms with van der Waals surface area (Å²) in [6.45, 7) is -0.415. The molecule has 0 bridgehead atoms. The summed E-state index contributed by atoms with van der Waals surface area (Å²) in [6.07, 6.45) is 1.72. The van der Waals surface area contributed by atoms with Crippen LogP contribution in [0.15, 0.2) is 59.5 Å². The van der Waals surface area contributed by atoms with E-state index in [4.69, 9.17) is 17.3 Å². The Kier molecular flexibility index (Phi) is 5.16. The molecule has 126 valence electrons. The number of carboxylic acids is 1. The molecule has 0 aromatic heterocycles. The minimum absolute atomic E-state index is 0.265. The second kappa shape index (κ2) is 7.50.